The summed E-state index contributed by atoms with van der Waals surface area (Å²) in [6.45, 7) is 8.00. The van der Waals surface area contributed by atoms with Gasteiger partial charge in [0.05, 0.1) is 0 Å². The second-order valence-electron chi connectivity index (χ2n) is 2.22. The molecule has 0 radical (unpaired) electrons. The highest BCUT2D eigenvalue weighted by Crippen LogP contribution is 1.91. The van der Waals surface area contributed by atoms with Gasteiger partial charge < -0.3 is 0 Å². The van der Waals surface area contributed by atoms with E-state index in [2.05, 4.69) is 9.97 Å². The smallest absolute Gasteiger partial charge is 0.257 e. The van der Waals surface area contributed by atoms with Crippen LogP contribution in [0.4, 0.5) is 4.79 Å². The topological polar surface area (TPSA) is 52.7 Å². The van der Waals surface area contributed by atoms with Crippen LogP contribution in [0.1, 0.15) is 27.7 Å². The van der Waals surface area contributed by atoms with Gasteiger partial charge in [-0.25, -0.2) is 14.8 Å². The zero-order valence-electron chi connectivity index (χ0n) is 10.2. The lowest BCUT2D eigenvalue weighted by Crippen LogP contribution is -2.15. The summed E-state index contributed by atoms with van der Waals surface area (Å²) in [5, 5.41) is 0. The molecule has 5 nitrogen and oxygen atoms in total. The normalized spacial score (nSPS) is 8.25. The Labute approximate surface area is 95.8 Å². The fraction of sp³-hybridized carbons (Fsp3) is 0.364. The highest BCUT2D eigenvalue weighted by molar-refractivity contribution is 5.78. The van der Waals surface area contributed by atoms with Crippen LogP contribution in [0.5, 0.6) is 0 Å². The molecule has 0 unspecified atom stereocenters. The quantitative estimate of drug-likeness (QED) is 0.688. The molecule has 2 rings (SSSR count). The molecule has 2 heterocycles. The minimum absolute atomic E-state index is 0.190. The Kier molecular flexibility index (Phi) is 7.40. The maximum Gasteiger partial charge on any atom is 0.338 e. The molecule has 5 heteroatoms. The monoisotopic (exact) mass is 222 g/mol. The summed E-state index contributed by atoms with van der Waals surface area (Å²) in [7, 11) is 0. The van der Waals surface area contributed by atoms with Gasteiger partial charge in [-0.2, -0.15) is 0 Å². The van der Waals surface area contributed by atoms with Crippen LogP contribution in [-0.2, 0) is 0 Å². The van der Waals surface area contributed by atoms with E-state index in [0.717, 1.165) is 0 Å². The highest BCUT2D eigenvalue weighted by Gasteiger charge is 2.03. The molecular weight excluding hydrogens is 204 g/mol. The van der Waals surface area contributed by atoms with Crippen LogP contribution in [-0.4, -0.2) is 25.1 Å². The van der Waals surface area contributed by atoms with Gasteiger partial charge in [0.1, 0.15) is 12.7 Å². The summed E-state index contributed by atoms with van der Waals surface area (Å²) in [6, 6.07) is -0.190. The summed E-state index contributed by atoms with van der Waals surface area (Å²) >= 11 is 0. The molecule has 0 saturated carbocycles. The van der Waals surface area contributed by atoms with Crippen molar-refractivity contribution in [3.8, 4) is 0 Å². The minimum Gasteiger partial charge on any atom is -0.257 e. The van der Waals surface area contributed by atoms with E-state index in [1.54, 1.807) is 24.8 Å². The van der Waals surface area contributed by atoms with E-state index in [0.29, 0.717) is 0 Å². The molecule has 0 aliphatic rings. The molecule has 0 atom stereocenters. The van der Waals surface area contributed by atoms with Crippen LogP contribution in [0.3, 0.4) is 0 Å². The van der Waals surface area contributed by atoms with Crippen molar-refractivity contribution in [2.24, 2.45) is 0 Å². The predicted molar refractivity (Wildman–Crippen MR) is 63.3 cm³/mol. The lowest BCUT2D eigenvalue weighted by Gasteiger charge is -1.98. The van der Waals surface area contributed by atoms with Crippen molar-refractivity contribution >= 4 is 6.03 Å². The molecular formula is C11H18N4O. The summed E-state index contributed by atoms with van der Waals surface area (Å²) in [5.41, 5.74) is 0. The Bertz CT molecular complexity index is 328. The van der Waals surface area contributed by atoms with Gasteiger partial charge in [-0.1, -0.05) is 27.7 Å². The van der Waals surface area contributed by atoms with Crippen LogP contribution in [0, 0.1) is 0 Å². The molecule has 0 amide bonds. The highest BCUT2D eigenvalue weighted by atomic mass is 16.2. The number of imidazole rings is 2. The zero-order chi connectivity index (χ0) is 12.4. The van der Waals surface area contributed by atoms with Gasteiger partial charge in [0.2, 0.25) is 0 Å². The fourth-order valence-electron chi connectivity index (χ4n) is 0.878. The van der Waals surface area contributed by atoms with Crippen molar-refractivity contribution in [2.45, 2.75) is 27.7 Å². The van der Waals surface area contributed by atoms with Gasteiger partial charge in [0, 0.05) is 24.8 Å². The largest absolute Gasteiger partial charge is 0.338 e. The van der Waals surface area contributed by atoms with Crippen molar-refractivity contribution in [3.63, 3.8) is 0 Å². The van der Waals surface area contributed by atoms with Crippen molar-refractivity contribution in [1.82, 2.24) is 19.1 Å². The number of hydrogen-bond acceptors (Lipinski definition) is 3. The molecule has 0 N–H and O–H groups in total. The molecule has 0 saturated heterocycles. The number of hydrogen-bond donors (Lipinski definition) is 0. The van der Waals surface area contributed by atoms with Gasteiger partial charge in [-0.05, 0) is 0 Å². The Hall–Kier alpha value is -1.91. The SMILES string of the molecule is CC.CC.O=C(n1ccnc1)n1ccnc1. The average Bonchev–Trinajstić information content (AvgIpc) is 3.06. The summed E-state index contributed by atoms with van der Waals surface area (Å²) in [4.78, 5) is 18.9. The van der Waals surface area contributed by atoms with E-state index in [1.807, 2.05) is 27.7 Å². The van der Waals surface area contributed by atoms with E-state index < -0.39 is 0 Å². The van der Waals surface area contributed by atoms with Gasteiger partial charge in [-0.3, -0.25) is 9.13 Å². The van der Waals surface area contributed by atoms with E-state index in [4.69, 9.17) is 0 Å². The van der Waals surface area contributed by atoms with Gasteiger partial charge in [-0.15, -0.1) is 0 Å². The lowest BCUT2D eigenvalue weighted by atomic mass is 10.8. The first kappa shape index (κ1) is 14.1. The van der Waals surface area contributed by atoms with Crippen molar-refractivity contribution in [3.05, 3.63) is 37.4 Å². The number of nitrogens with zero attached hydrogens (tertiary/aromatic N) is 4. The first-order valence-corrected chi connectivity index (χ1v) is 5.38. The Morgan fingerprint density at radius 1 is 0.875 bits per heavy atom. The predicted octanol–water partition coefficient (Wildman–Crippen LogP) is 2.65. The Morgan fingerprint density at radius 3 is 1.50 bits per heavy atom. The maximum atomic E-state index is 11.4. The van der Waals surface area contributed by atoms with Crippen LogP contribution in [0.15, 0.2) is 37.4 Å². The molecule has 0 fully saturated rings. The molecule has 2 aromatic rings. The first-order chi connectivity index (χ1) is 7.88. The third kappa shape index (κ3) is 3.68. The molecule has 16 heavy (non-hydrogen) atoms. The lowest BCUT2D eigenvalue weighted by molar-refractivity contribution is 0.244. The third-order valence-electron chi connectivity index (χ3n) is 1.45. The number of rotatable bonds is 0. The summed E-state index contributed by atoms with van der Waals surface area (Å²) in [5.74, 6) is 0. The number of aromatic nitrogens is 4. The summed E-state index contributed by atoms with van der Waals surface area (Å²) in [6.07, 6.45) is 9.17. The standard InChI is InChI=1S/C7H6N4O.2C2H6/c12-7(10-3-1-8-5-10)11-4-2-9-6-11;2*1-2/h1-6H;2*1-2H3. The molecule has 0 aliphatic heterocycles. The molecule has 0 aliphatic carbocycles. The van der Waals surface area contributed by atoms with Crippen LogP contribution < -0.4 is 0 Å². The fourth-order valence-corrected chi connectivity index (χ4v) is 0.878. The summed E-state index contributed by atoms with van der Waals surface area (Å²) < 4.78 is 2.75. The molecule has 0 bridgehead atoms. The van der Waals surface area contributed by atoms with Crippen molar-refractivity contribution in [2.75, 3.05) is 0 Å². The van der Waals surface area contributed by atoms with Crippen LogP contribution >= 0.6 is 0 Å². The van der Waals surface area contributed by atoms with Gasteiger partial charge in [0.15, 0.2) is 0 Å². The van der Waals surface area contributed by atoms with Gasteiger partial charge in [0.25, 0.3) is 0 Å². The average molecular weight is 222 g/mol. The second-order valence-corrected chi connectivity index (χ2v) is 2.22. The zero-order valence-corrected chi connectivity index (χ0v) is 10.2. The van der Waals surface area contributed by atoms with Crippen molar-refractivity contribution < 1.29 is 4.79 Å². The Morgan fingerprint density at radius 2 is 1.25 bits per heavy atom. The van der Waals surface area contributed by atoms with E-state index in [9.17, 15) is 4.79 Å². The third-order valence-corrected chi connectivity index (χ3v) is 1.45. The van der Waals surface area contributed by atoms with Crippen LogP contribution in [0.25, 0.3) is 0 Å². The molecule has 2 aromatic heterocycles. The van der Waals surface area contributed by atoms with Crippen LogP contribution in [0.2, 0.25) is 0 Å². The van der Waals surface area contributed by atoms with Gasteiger partial charge >= 0.3 is 6.03 Å². The first-order valence-electron chi connectivity index (χ1n) is 5.38. The number of carbonyl (C=O) groups is 1. The maximum absolute atomic E-state index is 11.4. The van der Waals surface area contributed by atoms with E-state index in [1.165, 1.54) is 21.8 Å². The van der Waals surface area contributed by atoms with E-state index >= 15 is 0 Å². The Balaban J connectivity index is 0.000000509. The minimum atomic E-state index is -0.190. The molecule has 0 aromatic carbocycles. The number of carbonyl (C=O) groups excluding carboxylic acids is 1. The van der Waals surface area contributed by atoms with Crippen molar-refractivity contribution in [1.29, 1.82) is 0 Å². The van der Waals surface area contributed by atoms with E-state index in [-0.39, 0.29) is 6.03 Å². The molecule has 88 valence electrons. The molecule has 0 spiro atoms. The second kappa shape index (κ2) is 8.40.